The quantitative estimate of drug-likeness (QED) is 0.618. The van der Waals surface area contributed by atoms with E-state index in [4.69, 9.17) is 0 Å². The van der Waals surface area contributed by atoms with Gasteiger partial charge in [-0.25, -0.2) is 0 Å². The third-order valence-electron chi connectivity index (χ3n) is 3.50. The first-order valence-corrected chi connectivity index (χ1v) is 7.06. The van der Waals surface area contributed by atoms with Crippen LogP contribution in [0.15, 0.2) is 35.9 Å². The van der Waals surface area contributed by atoms with E-state index in [2.05, 4.69) is 16.7 Å². The van der Waals surface area contributed by atoms with Crippen LogP contribution in [0.3, 0.4) is 0 Å². The number of carbonyl (C=O) groups excluding carboxylic acids is 2. The Kier molecular flexibility index (Phi) is 5.35. The van der Waals surface area contributed by atoms with Crippen molar-refractivity contribution in [3.63, 3.8) is 0 Å². The molecule has 0 bridgehead atoms. The molecule has 4 heteroatoms. The summed E-state index contributed by atoms with van der Waals surface area (Å²) in [6, 6.07) is 7.00. The molecule has 2 rings (SSSR count). The van der Waals surface area contributed by atoms with Crippen molar-refractivity contribution < 1.29 is 9.59 Å². The molecule has 0 atom stereocenters. The Morgan fingerprint density at radius 1 is 1.25 bits per heavy atom. The van der Waals surface area contributed by atoms with Crippen molar-refractivity contribution in [1.82, 2.24) is 5.32 Å². The van der Waals surface area contributed by atoms with Crippen LogP contribution in [-0.4, -0.2) is 18.9 Å². The Morgan fingerprint density at radius 3 is 2.85 bits per heavy atom. The lowest BCUT2D eigenvalue weighted by Crippen LogP contribution is -2.25. The van der Waals surface area contributed by atoms with Gasteiger partial charge in [0.2, 0.25) is 6.41 Å². The van der Waals surface area contributed by atoms with E-state index >= 15 is 0 Å². The Bertz CT molecular complexity index is 509. The first-order valence-electron chi connectivity index (χ1n) is 7.06. The first-order chi connectivity index (χ1) is 9.81. The highest BCUT2D eigenvalue weighted by atomic mass is 16.1. The fourth-order valence-electron chi connectivity index (χ4n) is 2.43. The van der Waals surface area contributed by atoms with Crippen molar-refractivity contribution in [3.8, 4) is 0 Å². The first kappa shape index (κ1) is 14.3. The summed E-state index contributed by atoms with van der Waals surface area (Å²) in [6.07, 6.45) is 8.63. The van der Waals surface area contributed by atoms with Crippen molar-refractivity contribution in [2.75, 3.05) is 11.9 Å². The number of allylic oxidation sites excluding steroid dienone is 1. The standard InChI is InChI=1S/C16H20N2O2/c19-12-18-15-9-5-4-8-14(15)16(20)17-11-10-13-6-2-1-3-7-13/h4-6,8-9,12H,1-3,7,10-11H2,(H,17,20)(H,18,19). The molecule has 4 nitrogen and oxygen atoms in total. The van der Waals surface area contributed by atoms with Crippen LogP contribution in [0.5, 0.6) is 0 Å². The molecule has 106 valence electrons. The van der Waals surface area contributed by atoms with Gasteiger partial charge in [0.15, 0.2) is 0 Å². The van der Waals surface area contributed by atoms with Gasteiger partial charge in [-0.05, 0) is 44.2 Å². The molecule has 0 aliphatic heterocycles. The third-order valence-corrected chi connectivity index (χ3v) is 3.50. The molecule has 2 amide bonds. The SMILES string of the molecule is O=CNc1ccccc1C(=O)NCCC1=CCCCC1. The van der Waals surface area contributed by atoms with Crippen LogP contribution in [-0.2, 0) is 4.79 Å². The Hall–Kier alpha value is -2.10. The molecule has 1 aromatic rings. The minimum atomic E-state index is -0.147. The van der Waals surface area contributed by atoms with Crippen molar-refractivity contribution in [2.45, 2.75) is 32.1 Å². The summed E-state index contributed by atoms with van der Waals surface area (Å²) in [6.45, 7) is 0.639. The zero-order chi connectivity index (χ0) is 14.2. The molecular formula is C16H20N2O2. The number of nitrogens with one attached hydrogen (secondary N) is 2. The minimum Gasteiger partial charge on any atom is -0.352 e. The summed E-state index contributed by atoms with van der Waals surface area (Å²) in [4.78, 5) is 22.6. The zero-order valence-corrected chi connectivity index (χ0v) is 11.5. The van der Waals surface area contributed by atoms with Gasteiger partial charge >= 0.3 is 0 Å². The topological polar surface area (TPSA) is 58.2 Å². The lowest BCUT2D eigenvalue weighted by Gasteiger charge is -2.13. The van der Waals surface area contributed by atoms with Crippen LogP contribution < -0.4 is 10.6 Å². The van der Waals surface area contributed by atoms with Gasteiger partial charge in [-0.15, -0.1) is 0 Å². The third kappa shape index (κ3) is 3.95. The van der Waals surface area contributed by atoms with Crippen molar-refractivity contribution >= 4 is 18.0 Å². The average Bonchev–Trinajstić information content (AvgIpc) is 2.49. The minimum absolute atomic E-state index is 0.147. The smallest absolute Gasteiger partial charge is 0.253 e. The number of para-hydroxylation sites is 1. The van der Waals surface area contributed by atoms with Gasteiger partial charge in [0.25, 0.3) is 5.91 Å². The second kappa shape index (κ2) is 7.48. The summed E-state index contributed by atoms with van der Waals surface area (Å²) >= 11 is 0. The number of benzene rings is 1. The molecule has 20 heavy (non-hydrogen) atoms. The fraction of sp³-hybridized carbons (Fsp3) is 0.375. The number of anilines is 1. The molecule has 0 heterocycles. The summed E-state index contributed by atoms with van der Waals surface area (Å²) < 4.78 is 0. The molecule has 0 spiro atoms. The molecule has 1 aromatic carbocycles. The molecule has 2 N–H and O–H groups in total. The lowest BCUT2D eigenvalue weighted by atomic mass is 9.97. The predicted octanol–water partition coefficient (Wildman–Crippen LogP) is 2.88. The van der Waals surface area contributed by atoms with E-state index in [0.717, 1.165) is 19.3 Å². The Morgan fingerprint density at radius 2 is 2.10 bits per heavy atom. The highest BCUT2D eigenvalue weighted by Crippen LogP contribution is 2.19. The van der Waals surface area contributed by atoms with Gasteiger partial charge < -0.3 is 10.6 Å². The van der Waals surface area contributed by atoms with Crippen LogP contribution in [0.1, 0.15) is 42.5 Å². The molecule has 0 unspecified atom stereocenters. The van der Waals surface area contributed by atoms with Crippen molar-refractivity contribution in [3.05, 3.63) is 41.5 Å². The van der Waals surface area contributed by atoms with Crippen LogP contribution in [0.25, 0.3) is 0 Å². The molecule has 0 saturated heterocycles. The van der Waals surface area contributed by atoms with E-state index in [9.17, 15) is 9.59 Å². The molecule has 0 saturated carbocycles. The monoisotopic (exact) mass is 272 g/mol. The summed E-state index contributed by atoms with van der Waals surface area (Å²) in [5, 5.41) is 5.45. The Labute approximate surface area is 119 Å². The van der Waals surface area contributed by atoms with E-state index in [1.807, 2.05) is 0 Å². The summed E-state index contributed by atoms with van der Waals surface area (Å²) in [5.41, 5.74) is 2.48. The van der Waals surface area contributed by atoms with E-state index < -0.39 is 0 Å². The van der Waals surface area contributed by atoms with E-state index in [1.165, 1.54) is 18.4 Å². The number of hydrogen-bond acceptors (Lipinski definition) is 2. The van der Waals surface area contributed by atoms with Crippen molar-refractivity contribution in [1.29, 1.82) is 0 Å². The molecule has 0 fully saturated rings. The van der Waals surface area contributed by atoms with Gasteiger partial charge in [-0.1, -0.05) is 23.8 Å². The molecular weight excluding hydrogens is 252 g/mol. The average molecular weight is 272 g/mol. The number of hydrogen-bond donors (Lipinski definition) is 2. The lowest BCUT2D eigenvalue weighted by molar-refractivity contribution is -0.105. The second-order valence-corrected chi connectivity index (χ2v) is 4.92. The summed E-state index contributed by atoms with van der Waals surface area (Å²) in [7, 11) is 0. The molecule has 0 radical (unpaired) electrons. The van der Waals surface area contributed by atoms with Crippen LogP contribution >= 0.6 is 0 Å². The van der Waals surface area contributed by atoms with Crippen LogP contribution in [0.4, 0.5) is 5.69 Å². The number of carbonyl (C=O) groups is 2. The molecule has 1 aliphatic rings. The van der Waals surface area contributed by atoms with Crippen LogP contribution in [0.2, 0.25) is 0 Å². The van der Waals surface area contributed by atoms with Gasteiger partial charge in [-0.2, -0.15) is 0 Å². The highest BCUT2D eigenvalue weighted by Gasteiger charge is 2.10. The van der Waals surface area contributed by atoms with Gasteiger partial charge in [-0.3, -0.25) is 9.59 Å². The maximum Gasteiger partial charge on any atom is 0.253 e. The maximum atomic E-state index is 12.1. The second-order valence-electron chi connectivity index (χ2n) is 4.92. The fourth-order valence-corrected chi connectivity index (χ4v) is 2.43. The van der Waals surface area contributed by atoms with E-state index in [-0.39, 0.29) is 5.91 Å². The molecule has 0 aromatic heterocycles. The maximum absolute atomic E-state index is 12.1. The zero-order valence-electron chi connectivity index (χ0n) is 11.5. The van der Waals surface area contributed by atoms with Gasteiger partial charge in [0, 0.05) is 6.54 Å². The van der Waals surface area contributed by atoms with Gasteiger partial charge in [0.05, 0.1) is 11.3 Å². The van der Waals surface area contributed by atoms with E-state index in [0.29, 0.717) is 24.2 Å². The highest BCUT2D eigenvalue weighted by molar-refractivity contribution is 6.01. The van der Waals surface area contributed by atoms with Crippen LogP contribution in [0, 0.1) is 0 Å². The number of rotatable bonds is 6. The number of amides is 2. The normalized spacial score (nSPS) is 14.3. The summed E-state index contributed by atoms with van der Waals surface area (Å²) in [5.74, 6) is -0.147. The van der Waals surface area contributed by atoms with Crippen molar-refractivity contribution in [2.24, 2.45) is 0 Å². The van der Waals surface area contributed by atoms with Gasteiger partial charge in [0.1, 0.15) is 0 Å². The Balaban J connectivity index is 1.88. The predicted molar refractivity (Wildman–Crippen MR) is 79.6 cm³/mol. The molecule has 1 aliphatic carbocycles. The van der Waals surface area contributed by atoms with E-state index in [1.54, 1.807) is 24.3 Å². The largest absolute Gasteiger partial charge is 0.352 e.